The Hall–Kier alpha value is -1.55. The van der Waals surface area contributed by atoms with E-state index in [-0.39, 0.29) is 12.6 Å². The summed E-state index contributed by atoms with van der Waals surface area (Å²) >= 11 is 0. The number of carbonyl (C=O) groups is 1. The molecule has 0 bridgehead atoms. The number of ether oxygens (including phenoxy) is 1. The van der Waals surface area contributed by atoms with E-state index in [1.54, 1.807) is 24.3 Å². The van der Waals surface area contributed by atoms with Crippen molar-refractivity contribution in [1.82, 2.24) is 0 Å². The summed E-state index contributed by atoms with van der Waals surface area (Å²) in [6, 6.07) is 6.65. The maximum absolute atomic E-state index is 11.4. The minimum absolute atomic E-state index is 0.121. The Kier molecular flexibility index (Phi) is 4.63. The molecule has 15 heavy (non-hydrogen) atoms. The second kappa shape index (κ2) is 6.03. The van der Waals surface area contributed by atoms with Crippen molar-refractivity contribution in [1.29, 1.82) is 0 Å². The highest BCUT2D eigenvalue weighted by molar-refractivity contribution is 5.90. The van der Waals surface area contributed by atoms with E-state index in [2.05, 4.69) is 0 Å². The molecule has 0 aliphatic heterocycles. The van der Waals surface area contributed by atoms with Crippen LogP contribution >= 0.6 is 0 Å². The predicted molar refractivity (Wildman–Crippen MR) is 57.5 cm³/mol. The lowest BCUT2D eigenvalue weighted by Gasteiger charge is -2.04. The maximum atomic E-state index is 11.4. The monoisotopic (exact) mass is 209 g/mol. The number of aliphatic hydroxyl groups is 1. The van der Waals surface area contributed by atoms with Gasteiger partial charge in [0.2, 0.25) is 0 Å². The molecule has 0 saturated carbocycles. The van der Waals surface area contributed by atoms with Crippen molar-refractivity contribution in [2.24, 2.45) is 0 Å². The van der Waals surface area contributed by atoms with E-state index in [0.717, 1.165) is 0 Å². The van der Waals surface area contributed by atoms with Gasteiger partial charge in [-0.1, -0.05) is 6.07 Å². The second-order valence-corrected chi connectivity index (χ2v) is 3.19. The van der Waals surface area contributed by atoms with Gasteiger partial charge in [-0.3, -0.25) is 0 Å². The highest BCUT2D eigenvalue weighted by Gasteiger charge is 2.06. The largest absolute Gasteiger partial charge is 0.462 e. The van der Waals surface area contributed by atoms with Crippen LogP contribution in [0.5, 0.6) is 0 Å². The lowest BCUT2D eigenvalue weighted by atomic mass is 10.2. The van der Waals surface area contributed by atoms with E-state index in [0.29, 0.717) is 30.7 Å². The first-order valence-electron chi connectivity index (χ1n) is 4.87. The number of hydrogen-bond donors (Lipinski definition) is 2. The normalized spacial score (nSPS) is 9.93. The number of nitrogens with two attached hydrogens (primary N) is 1. The van der Waals surface area contributed by atoms with Gasteiger partial charge in [0.1, 0.15) is 0 Å². The lowest BCUT2D eigenvalue weighted by molar-refractivity contribution is 0.0492. The summed E-state index contributed by atoms with van der Waals surface area (Å²) in [6.07, 6.45) is 1.31. The molecule has 0 spiro atoms. The number of aliphatic hydroxyl groups excluding tert-OH is 1. The molecule has 4 heteroatoms. The molecule has 1 aromatic rings. The van der Waals surface area contributed by atoms with Crippen LogP contribution in [-0.2, 0) is 4.74 Å². The molecule has 3 N–H and O–H groups in total. The Morgan fingerprint density at radius 3 is 2.87 bits per heavy atom. The quantitative estimate of drug-likeness (QED) is 0.434. The third kappa shape index (κ3) is 3.99. The van der Waals surface area contributed by atoms with Crippen molar-refractivity contribution in [3.8, 4) is 0 Å². The van der Waals surface area contributed by atoms with Gasteiger partial charge in [0.25, 0.3) is 0 Å². The summed E-state index contributed by atoms with van der Waals surface area (Å²) in [7, 11) is 0. The molecule has 0 aromatic heterocycles. The van der Waals surface area contributed by atoms with Crippen LogP contribution in [0.4, 0.5) is 5.69 Å². The summed E-state index contributed by atoms with van der Waals surface area (Å²) < 4.78 is 4.98. The SMILES string of the molecule is Nc1cccc(C(=O)OCCCCO)c1. The van der Waals surface area contributed by atoms with Crippen LogP contribution < -0.4 is 5.73 Å². The molecule has 0 amide bonds. The van der Waals surface area contributed by atoms with E-state index >= 15 is 0 Å². The third-order valence-electron chi connectivity index (χ3n) is 1.91. The van der Waals surface area contributed by atoms with E-state index < -0.39 is 0 Å². The van der Waals surface area contributed by atoms with Gasteiger partial charge in [0.15, 0.2) is 0 Å². The van der Waals surface area contributed by atoms with Gasteiger partial charge < -0.3 is 15.6 Å². The molecule has 4 nitrogen and oxygen atoms in total. The molecule has 0 fully saturated rings. The van der Waals surface area contributed by atoms with Gasteiger partial charge >= 0.3 is 5.97 Å². The zero-order valence-corrected chi connectivity index (χ0v) is 8.48. The minimum atomic E-state index is -0.375. The number of nitrogen functional groups attached to an aromatic ring is 1. The van der Waals surface area contributed by atoms with E-state index in [9.17, 15) is 4.79 Å². The highest BCUT2D eigenvalue weighted by atomic mass is 16.5. The number of carbonyl (C=O) groups excluding carboxylic acids is 1. The van der Waals surface area contributed by atoms with Gasteiger partial charge in [0, 0.05) is 12.3 Å². The Morgan fingerprint density at radius 1 is 1.40 bits per heavy atom. The van der Waals surface area contributed by atoms with Gasteiger partial charge in [0.05, 0.1) is 12.2 Å². The number of anilines is 1. The first-order chi connectivity index (χ1) is 7.24. The molecular weight excluding hydrogens is 194 g/mol. The predicted octanol–water partition coefficient (Wildman–Crippen LogP) is 1.20. The zero-order valence-electron chi connectivity index (χ0n) is 8.48. The van der Waals surface area contributed by atoms with Crippen molar-refractivity contribution in [2.45, 2.75) is 12.8 Å². The molecular formula is C11H15NO3. The fourth-order valence-corrected chi connectivity index (χ4v) is 1.13. The Morgan fingerprint density at radius 2 is 2.20 bits per heavy atom. The Bertz CT molecular complexity index is 325. The van der Waals surface area contributed by atoms with Crippen LogP contribution in [0.1, 0.15) is 23.2 Å². The fourth-order valence-electron chi connectivity index (χ4n) is 1.13. The smallest absolute Gasteiger partial charge is 0.338 e. The highest BCUT2D eigenvalue weighted by Crippen LogP contribution is 2.08. The molecule has 0 atom stereocenters. The number of hydrogen-bond acceptors (Lipinski definition) is 4. The van der Waals surface area contributed by atoms with Crippen LogP contribution in [0.2, 0.25) is 0 Å². The topological polar surface area (TPSA) is 72.6 Å². The summed E-state index contributed by atoms with van der Waals surface area (Å²) in [5, 5.41) is 8.53. The Labute approximate surface area is 88.7 Å². The molecule has 0 aliphatic rings. The van der Waals surface area contributed by atoms with Crippen LogP contribution in [0.3, 0.4) is 0 Å². The lowest BCUT2D eigenvalue weighted by Crippen LogP contribution is -2.07. The van der Waals surface area contributed by atoms with Gasteiger partial charge in [-0.2, -0.15) is 0 Å². The molecule has 0 unspecified atom stereocenters. The number of unbranched alkanes of at least 4 members (excludes halogenated alkanes) is 1. The summed E-state index contributed by atoms with van der Waals surface area (Å²) in [5.74, 6) is -0.375. The van der Waals surface area contributed by atoms with Gasteiger partial charge in [-0.05, 0) is 31.0 Å². The number of benzene rings is 1. The van der Waals surface area contributed by atoms with Gasteiger partial charge in [-0.25, -0.2) is 4.79 Å². The molecule has 0 saturated heterocycles. The van der Waals surface area contributed by atoms with Crippen molar-refractivity contribution in [2.75, 3.05) is 18.9 Å². The van der Waals surface area contributed by atoms with Crippen molar-refractivity contribution >= 4 is 11.7 Å². The standard InChI is InChI=1S/C11H15NO3/c12-10-5-3-4-9(8-10)11(14)15-7-2-1-6-13/h3-5,8,13H,1-2,6-7,12H2. The van der Waals surface area contributed by atoms with Gasteiger partial charge in [-0.15, -0.1) is 0 Å². The molecule has 0 radical (unpaired) electrons. The summed E-state index contributed by atoms with van der Waals surface area (Å²) in [4.78, 5) is 11.4. The third-order valence-corrected chi connectivity index (χ3v) is 1.91. The number of esters is 1. The fraction of sp³-hybridized carbons (Fsp3) is 0.364. The van der Waals surface area contributed by atoms with E-state index in [1.807, 2.05) is 0 Å². The number of rotatable bonds is 5. The van der Waals surface area contributed by atoms with Crippen LogP contribution in [0, 0.1) is 0 Å². The summed E-state index contributed by atoms with van der Waals surface area (Å²) in [5.41, 5.74) is 6.53. The molecule has 0 heterocycles. The average molecular weight is 209 g/mol. The first kappa shape index (κ1) is 11.5. The minimum Gasteiger partial charge on any atom is -0.462 e. The van der Waals surface area contributed by atoms with Crippen LogP contribution in [0.25, 0.3) is 0 Å². The zero-order chi connectivity index (χ0) is 11.1. The molecule has 82 valence electrons. The van der Waals surface area contributed by atoms with E-state index in [4.69, 9.17) is 15.6 Å². The van der Waals surface area contributed by atoms with Crippen LogP contribution in [-0.4, -0.2) is 24.3 Å². The van der Waals surface area contributed by atoms with Crippen molar-refractivity contribution < 1.29 is 14.6 Å². The molecule has 1 aromatic carbocycles. The first-order valence-corrected chi connectivity index (χ1v) is 4.87. The average Bonchev–Trinajstić information content (AvgIpc) is 2.24. The second-order valence-electron chi connectivity index (χ2n) is 3.19. The van der Waals surface area contributed by atoms with Crippen molar-refractivity contribution in [3.05, 3.63) is 29.8 Å². The van der Waals surface area contributed by atoms with Crippen molar-refractivity contribution in [3.63, 3.8) is 0 Å². The molecule has 1 rings (SSSR count). The maximum Gasteiger partial charge on any atom is 0.338 e. The summed E-state index contributed by atoms with van der Waals surface area (Å²) in [6.45, 7) is 0.448. The van der Waals surface area contributed by atoms with Crippen LogP contribution in [0.15, 0.2) is 24.3 Å². The Balaban J connectivity index is 2.40. The van der Waals surface area contributed by atoms with E-state index in [1.165, 1.54) is 0 Å². The molecule has 0 aliphatic carbocycles.